The Morgan fingerprint density at radius 3 is 2.63 bits per heavy atom. The number of rotatable bonds is 6. The zero-order valence-corrected chi connectivity index (χ0v) is 12.9. The molecule has 0 saturated carbocycles. The number of sulfonamides is 1. The molecule has 6 nitrogen and oxygen atoms in total. The molecule has 0 spiro atoms. The number of hydrogen-bond donors (Lipinski definition) is 2. The van der Waals surface area contributed by atoms with E-state index in [1.54, 1.807) is 6.92 Å². The molecule has 0 aromatic carbocycles. The predicted octanol–water partition coefficient (Wildman–Crippen LogP) is -0.239. The summed E-state index contributed by atoms with van der Waals surface area (Å²) in [6.07, 6.45) is 2.71. The molecule has 1 heterocycles. The van der Waals surface area contributed by atoms with Gasteiger partial charge in [0.15, 0.2) is 0 Å². The monoisotopic (exact) mass is 321 g/mol. The molecule has 1 aromatic rings. The zero-order valence-electron chi connectivity index (χ0n) is 10.5. The van der Waals surface area contributed by atoms with Crippen molar-refractivity contribution in [2.75, 3.05) is 12.8 Å². The summed E-state index contributed by atoms with van der Waals surface area (Å²) in [5, 5.41) is -0.265. The van der Waals surface area contributed by atoms with E-state index in [2.05, 4.69) is 9.71 Å². The van der Waals surface area contributed by atoms with Gasteiger partial charge in [0, 0.05) is 35.0 Å². The molecule has 1 aromatic heterocycles. The fourth-order valence-corrected chi connectivity index (χ4v) is 2.73. The Labute approximate surface area is 120 Å². The van der Waals surface area contributed by atoms with Crippen molar-refractivity contribution in [2.45, 2.75) is 17.1 Å². The van der Waals surface area contributed by atoms with Crippen LogP contribution < -0.4 is 10.5 Å². The maximum Gasteiger partial charge on any atom is 0.242 e. The second kappa shape index (κ2) is 6.51. The summed E-state index contributed by atoms with van der Waals surface area (Å²) in [6, 6.07) is 2.82. The second-order valence-electron chi connectivity index (χ2n) is 3.90. The summed E-state index contributed by atoms with van der Waals surface area (Å²) in [6.45, 7) is 1.80. The Morgan fingerprint density at radius 1 is 1.58 bits per heavy atom. The van der Waals surface area contributed by atoms with Crippen molar-refractivity contribution in [1.82, 2.24) is 9.71 Å². The highest BCUT2D eigenvalue weighted by Gasteiger charge is 2.17. The van der Waals surface area contributed by atoms with Crippen LogP contribution in [0.4, 0.5) is 0 Å². The lowest BCUT2D eigenvalue weighted by molar-refractivity contribution is 0.580. The van der Waals surface area contributed by atoms with Crippen LogP contribution in [0.1, 0.15) is 12.6 Å². The number of nitrogens with zero attached hydrogens (tertiary/aromatic N) is 1. The van der Waals surface area contributed by atoms with Crippen molar-refractivity contribution < 1.29 is 12.6 Å². The summed E-state index contributed by atoms with van der Waals surface area (Å²) in [4.78, 5) is 3.98. The van der Waals surface area contributed by atoms with Crippen molar-refractivity contribution in [3.8, 4) is 0 Å². The van der Waals surface area contributed by atoms with Crippen LogP contribution >= 0.6 is 12.2 Å². The highest BCUT2D eigenvalue weighted by Crippen LogP contribution is 2.08. The predicted molar refractivity (Wildman–Crippen MR) is 78.8 cm³/mol. The van der Waals surface area contributed by atoms with E-state index in [-0.39, 0.29) is 21.7 Å². The lowest BCUT2D eigenvalue weighted by Crippen LogP contribution is -2.32. The number of nitrogens with one attached hydrogen (secondary N) is 1. The van der Waals surface area contributed by atoms with E-state index >= 15 is 0 Å². The van der Waals surface area contributed by atoms with Gasteiger partial charge >= 0.3 is 0 Å². The molecule has 2 unspecified atom stereocenters. The van der Waals surface area contributed by atoms with Crippen LogP contribution in [0.3, 0.4) is 0 Å². The highest BCUT2D eigenvalue weighted by molar-refractivity contribution is 7.89. The number of pyridine rings is 1. The first-order valence-electron chi connectivity index (χ1n) is 5.32. The normalized spacial score (nSPS) is 14.8. The van der Waals surface area contributed by atoms with Crippen molar-refractivity contribution in [2.24, 2.45) is 5.73 Å². The van der Waals surface area contributed by atoms with E-state index in [1.807, 2.05) is 0 Å². The molecular formula is C10H15N3O3S3. The van der Waals surface area contributed by atoms with Gasteiger partial charge in [0.2, 0.25) is 10.0 Å². The minimum absolute atomic E-state index is 0.0154. The maximum absolute atomic E-state index is 11.9. The van der Waals surface area contributed by atoms with E-state index in [0.29, 0.717) is 5.69 Å². The molecule has 19 heavy (non-hydrogen) atoms. The molecule has 0 aliphatic rings. The van der Waals surface area contributed by atoms with Gasteiger partial charge in [-0.25, -0.2) is 13.1 Å². The number of thiocarbonyl (C=S) groups is 1. The van der Waals surface area contributed by atoms with Crippen LogP contribution in [0, 0.1) is 0 Å². The van der Waals surface area contributed by atoms with Gasteiger partial charge < -0.3 is 5.73 Å². The number of aromatic nitrogens is 1. The van der Waals surface area contributed by atoms with Crippen LogP contribution in [0.15, 0.2) is 23.2 Å². The quantitative estimate of drug-likeness (QED) is 0.701. The molecule has 9 heteroatoms. The van der Waals surface area contributed by atoms with Gasteiger partial charge in [-0.15, -0.1) is 0 Å². The Bertz CT molecular complexity index is 584. The first-order chi connectivity index (χ1) is 8.74. The standard InChI is InChI=1S/C10H15N3O3S3/c1-7(18(2)14)5-13-19(15,16)8-3-4-9(10(11)17)12-6-8/h3-4,6-7,13H,5H2,1-2H3,(H2,11,17). The van der Waals surface area contributed by atoms with Crippen molar-refractivity contribution in [1.29, 1.82) is 0 Å². The topological polar surface area (TPSA) is 102 Å². The molecule has 0 bridgehead atoms. The minimum Gasteiger partial charge on any atom is -0.388 e. The lowest BCUT2D eigenvalue weighted by Gasteiger charge is -2.10. The average Bonchev–Trinajstić information content (AvgIpc) is 2.36. The third kappa shape index (κ3) is 4.60. The average molecular weight is 321 g/mol. The molecule has 0 amide bonds. The zero-order chi connectivity index (χ0) is 14.6. The van der Waals surface area contributed by atoms with E-state index in [4.69, 9.17) is 18.0 Å². The lowest BCUT2D eigenvalue weighted by atomic mass is 10.3. The summed E-state index contributed by atoms with van der Waals surface area (Å²) in [5.74, 6) is 0. The van der Waals surface area contributed by atoms with E-state index in [1.165, 1.54) is 24.6 Å². The van der Waals surface area contributed by atoms with Crippen molar-refractivity contribution in [3.05, 3.63) is 24.0 Å². The maximum atomic E-state index is 11.9. The molecule has 0 aliphatic heterocycles. The molecule has 1 rings (SSSR count). The van der Waals surface area contributed by atoms with Crippen LogP contribution in [-0.4, -0.2) is 40.6 Å². The summed E-state index contributed by atoms with van der Waals surface area (Å²) in [5.41, 5.74) is 5.73. The second-order valence-corrected chi connectivity index (χ2v) is 7.91. The first-order valence-corrected chi connectivity index (χ1v) is 8.83. The highest BCUT2D eigenvalue weighted by atomic mass is 32.2. The van der Waals surface area contributed by atoms with E-state index in [9.17, 15) is 12.6 Å². The molecule has 0 saturated heterocycles. The molecule has 2 atom stereocenters. The van der Waals surface area contributed by atoms with Gasteiger partial charge in [-0.05, 0) is 19.1 Å². The van der Waals surface area contributed by atoms with E-state index in [0.717, 1.165) is 0 Å². The fraction of sp³-hybridized carbons (Fsp3) is 0.400. The minimum atomic E-state index is -3.66. The third-order valence-corrected chi connectivity index (χ3v) is 5.34. The summed E-state index contributed by atoms with van der Waals surface area (Å²) in [7, 11) is -4.75. The molecule has 0 aliphatic carbocycles. The van der Waals surface area contributed by atoms with Crippen LogP contribution in [0.25, 0.3) is 0 Å². The summed E-state index contributed by atoms with van der Waals surface area (Å²) >= 11 is 4.73. The fourth-order valence-electron chi connectivity index (χ4n) is 1.11. The smallest absolute Gasteiger partial charge is 0.242 e. The molecule has 3 N–H and O–H groups in total. The van der Waals surface area contributed by atoms with Gasteiger partial charge in [-0.1, -0.05) is 12.2 Å². The van der Waals surface area contributed by atoms with Gasteiger partial charge in [-0.2, -0.15) is 0 Å². The third-order valence-electron chi connectivity index (χ3n) is 2.43. The van der Waals surface area contributed by atoms with Crippen molar-refractivity contribution >= 4 is 38.0 Å². The molecule has 0 radical (unpaired) electrons. The van der Waals surface area contributed by atoms with Gasteiger partial charge in [0.25, 0.3) is 0 Å². The number of hydrogen-bond acceptors (Lipinski definition) is 5. The molecule has 106 valence electrons. The Hall–Kier alpha value is -0.900. The first kappa shape index (κ1) is 16.2. The van der Waals surface area contributed by atoms with Crippen LogP contribution in [-0.2, 0) is 20.8 Å². The molecular weight excluding hydrogens is 306 g/mol. The Morgan fingerprint density at radius 2 is 2.21 bits per heavy atom. The van der Waals surface area contributed by atoms with Crippen molar-refractivity contribution in [3.63, 3.8) is 0 Å². The SMILES string of the molecule is CC(CNS(=O)(=O)c1ccc(C(N)=S)nc1)S(C)=O. The Balaban J connectivity index is 2.83. The largest absolute Gasteiger partial charge is 0.388 e. The van der Waals surface area contributed by atoms with Gasteiger partial charge in [0.05, 0.1) is 5.69 Å². The molecule has 0 fully saturated rings. The Kier molecular flexibility index (Phi) is 5.53. The van der Waals surface area contributed by atoms with Crippen LogP contribution in [0.2, 0.25) is 0 Å². The van der Waals surface area contributed by atoms with Gasteiger partial charge in [0.1, 0.15) is 9.88 Å². The van der Waals surface area contributed by atoms with Gasteiger partial charge in [-0.3, -0.25) is 9.19 Å². The van der Waals surface area contributed by atoms with Crippen LogP contribution in [0.5, 0.6) is 0 Å². The van der Waals surface area contributed by atoms with E-state index < -0.39 is 20.8 Å². The number of nitrogens with two attached hydrogens (primary N) is 1. The summed E-state index contributed by atoms with van der Waals surface area (Å²) < 4.78 is 37.4.